The molecule has 1 aliphatic heterocycles. The molecule has 1 aliphatic rings. The van der Waals surface area contributed by atoms with E-state index in [0.717, 1.165) is 31.9 Å². The molecule has 6 heteroatoms. The molecule has 4 nitrogen and oxygen atoms in total. The molecule has 0 bridgehead atoms. The topological polar surface area (TPSA) is 49.4 Å². The Morgan fingerprint density at radius 2 is 1.64 bits per heavy atom. The third kappa shape index (κ3) is 2.97. The number of anilines is 1. The number of benzene rings is 2. The van der Waals surface area contributed by atoms with Crippen LogP contribution in [0.2, 0.25) is 5.02 Å². The minimum Gasteiger partial charge on any atom is -0.368 e. The van der Waals surface area contributed by atoms with E-state index < -0.39 is 9.84 Å². The molecule has 116 valence electrons. The van der Waals surface area contributed by atoms with Crippen LogP contribution < -0.4 is 10.2 Å². The zero-order chi connectivity index (χ0) is 15.6. The Labute approximate surface area is 135 Å². The van der Waals surface area contributed by atoms with Crippen LogP contribution in [0.3, 0.4) is 0 Å². The highest BCUT2D eigenvalue weighted by Gasteiger charge is 2.21. The van der Waals surface area contributed by atoms with Gasteiger partial charge in [-0.05, 0) is 30.3 Å². The molecule has 0 aromatic heterocycles. The summed E-state index contributed by atoms with van der Waals surface area (Å²) >= 11 is 6.27. The summed E-state index contributed by atoms with van der Waals surface area (Å²) in [6, 6.07) is 13.4. The summed E-state index contributed by atoms with van der Waals surface area (Å²) in [4.78, 5) is 2.68. The van der Waals surface area contributed by atoms with Gasteiger partial charge in [-0.1, -0.05) is 29.8 Å². The first-order valence-electron chi connectivity index (χ1n) is 7.14. The maximum atomic E-state index is 12.7. The first-order chi connectivity index (χ1) is 10.6. The number of sulfone groups is 1. The smallest absolute Gasteiger partial charge is 0.206 e. The lowest BCUT2D eigenvalue weighted by Gasteiger charge is -2.30. The second kappa shape index (κ2) is 6.28. The Morgan fingerprint density at radius 1 is 0.955 bits per heavy atom. The van der Waals surface area contributed by atoms with E-state index in [0.29, 0.717) is 9.92 Å². The summed E-state index contributed by atoms with van der Waals surface area (Å²) in [6.45, 7) is 3.36. The summed E-state index contributed by atoms with van der Waals surface area (Å²) < 4.78 is 25.4. The van der Waals surface area contributed by atoms with E-state index in [-0.39, 0.29) is 4.90 Å². The molecular formula is C16H17ClN2O2S. The lowest BCUT2D eigenvalue weighted by Crippen LogP contribution is -2.43. The van der Waals surface area contributed by atoms with Crippen molar-refractivity contribution in [2.45, 2.75) is 9.79 Å². The fraction of sp³-hybridized carbons (Fsp3) is 0.250. The van der Waals surface area contributed by atoms with Crippen LogP contribution in [-0.2, 0) is 9.84 Å². The highest BCUT2D eigenvalue weighted by Crippen LogP contribution is 2.31. The maximum Gasteiger partial charge on any atom is 0.206 e. The van der Waals surface area contributed by atoms with E-state index in [4.69, 9.17) is 11.6 Å². The lowest BCUT2D eigenvalue weighted by atomic mass is 10.2. The zero-order valence-electron chi connectivity index (χ0n) is 12.0. The van der Waals surface area contributed by atoms with Gasteiger partial charge in [-0.2, -0.15) is 0 Å². The normalized spacial score (nSPS) is 15.8. The quantitative estimate of drug-likeness (QED) is 0.936. The van der Waals surface area contributed by atoms with Gasteiger partial charge in [-0.25, -0.2) is 8.42 Å². The fourth-order valence-corrected chi connectivity index (χ4v) is 4.08. The van der Waals surface area contributed by atoms with Crippen LogP contribution in [0.1, 0.15) is 0 Å². The average Bonchev–Trinajstić information content (AvgIpc) is 2.57. The van der Waals surface area contributed by atoms with Crippen molar-refractivity contribution in [3.8, 4) is 0 Å². The van der Waals surface area contributed by atoms with Crippen molar-refractivity contribution in [3.63, 3.8) is 0 Å². The van der Waals surface area contributed by atoms with Gasteiger partial charge in [0.25, 0.3) is 0 Å². The standard InChI is InChI=1S/C16H17ClN2O2S/c17-15-7-6-14(12-16(15)19-10-8-18-9-11-19)22(20,21)13-4-2-1-3-5-13/h1-7,12,18H,8-11H2. The third-order valence-corrected chi connectivity index (χ3v) is 5.83. The Morgan fingerprint density at radius 3 is 2.32 bits per heavy atom. The van der Waals surface area contributed by atoms with Crippen molar-refractivity contribution < 1.29 is 8.42 Å². The van der Waals surface area contributed by atoms with Crippen molar-refractivity contribution in [1.29, 1.82) is 0 Å². The summed E-state index contributed by atoms with van der Waals surface area (Å²) in [5.41, 5.74) is 0.778. The van der Waals surface area contributed by atoms with Crippen molar-refractivity contribution in [2.24, 2.45) is 0 Å². The largest absolute Gasteiger partial charge is 0.368 e. The van der Waals surface area contributed by atoms with Crippen LogP contribution in [0.5, 0.6) is 0 Å². The SMILES string of the molecule is O=S(=O)(c1ccccc1)c1ccc(Cl)c(N2CCNCC2)c1. The molecule has 1 N–H and O–H groups in total. The van der Waals surface area contributed by atoms with Gasteiger partial charge in [0.15, 0.2) is 0 Å². The molecule has 2 aromatic rings. The highest BCUT2D eigenvalue weighted by molar-refractivity contribution is 7.91. The van der Waals surface area contributed by atoms with Crippen LogP contribution >= 0.6 is 11.6 Å². The molecule has 0 saturated carbocycles. The highest BCUT2D eigenvalue weighted by atomic mass is 35.5. The van der Waals surface area contributed by atoms with Crippen molar-refractivity contribution in [1.82, 2.24) is 5.32 Å². The number of hydrogen-bond donors (Lipinski definition) is 1. The summed E-state index contributed by atoms with van der Waals surface area (Å²) in [6.07, 6.45) is 0. The van der Waals surface area contributed by atoms with Crippen molar-refractivity contribution >= 4 is 27.1 Å². The van der Waals surface area contributed by atoms with Crippen LogP contribution in [0.4, 0.5) is 5.69 Å². The maximum absolute atomic E-state index is 12.7. The molecule has 1 heterocycles. The molecule has 22 heavy (non-hydrogen) atoms. The van der Waals surface area contributed by atoms with E-state index in [1.54, 1.807) is 48.5 Å². The minimum atomic E-state index is -3.52. The molecule has 0 atom stereocenters. The van der Waals surface area contributed by atoms with Crippen molar-refractivity contribution in [2.75, 3.05) is 31.1 Å². The molecule has 0 radical (unpaired) electrons. The molecule has 0 spiro atoms. The Hall–Kier alpha value is -1.56. The van der Waals surface area contributed by atoms with Gasteiger partial charge < -0.3 is 10.2 Å². The third-order valence-electron chi connectivity index (χ3n) is 3.74. The number of nitrogens with zero attached hydrogens (tertiary/aromatic N) is 1. The summed E-state index contributed by atoms with van der Waals surface area (Å²) in [5, 5.41) is 3.85. The minimum absolute atomic E-state index is 0.275. The van der Waals surface area contributed by atoms with E-state index in [1.165, 1.54) is 0 Å². The van der Waals surface area contributed by atoms with Gasteiger partial charge in [-0.15, -0.1) is 0 Å². The molecular weight excluding hydrogens is 320 g/mol. The lowest BCUT2D eigenvalue weighted by molar-refractivity contribution is 0.587. The van der Waals surface area contributed by atoms with E-state index >= 15 is 0 Å². The van der Waals surface area contributed by atoms with Gasteiger partial charge in [-0.3, -0.25) is 0 Å². The van der Waals surface area contributed by atoms with E-state index in [2.05, 4.69) is 10.2 Å². The molecule has 1 saturated heterocycles. The molecule has 0 amide bonds. The summed E-state index contributed by atoms with van der Waals surface area (Å²) in [5.74, 6) is 0. The van der Waals surface area contributed by atoms with Crippen LogP contribution in [0.15, 0.2) is 58.3 Å². The zero-order valence-corrected chi connectivity index (χ0v) is 13.6. The Balaban J connectivity index is 2.02. The number of hydrogen-bond acceptors (Lipinski definition) is 4. The molecule has 3 rings (SSSR count). The monoisotopic (exact) mass is 336 g/mol. The Bertz CT molecular complexity index is 757. The number of halogens is 1. The van der Waals surface area contributed by atoms with Gasteiger partial charge in [0.1, 0.15) is 0 Å². The average molecular weight is 337 g/mol. The van der Waals surface area contributed by atoms with Crippen LogP contribution in [-0.4, -0.2) is 34.6 Å². The molecule has 0 aliphatic carbocycles. The van der Waals surface area contributed by atoms with Gasteiger partial charge in [0.2, 0.25) is 9.84 Å². The fourth-order valence-electron chi connectivity index (χ4n) is 2.54. The van der Waals surface area contributed by atoms with Gasteiger partial charge in [0, 0.05) is 26.2 Å². The predicted octanol–water partition coefficient (Wildman–Crippen LogP) is 2.58. The second-order valence-electron chi connectivity index (χ2n) is 5.17. The van der Waals surface area contributed by atoms with E-state index in [9.17, 15) is 8.42 Å². The summed E-state index contributed by atoms with van der Waals surface area (Å²) in [7, 11) is -3.52. The molecule has 1 fully saturated rings. The van der Waals surface area contributed by atoms with Gasteiger partial charge >= 0.3 is 0 Å². The number of nitrogens with one attached hydrogen (secondary N) is 1. The van der Waals surface area contributed by atoms with E-state index in [1.807, 2.05) is 0 Å². The second-order valence-corrected chi connectivity index (χ2v) is 7.52. The number of rotatable bonds is 3. The number of piperazine rings is 1. The van der Waals surface area contributed by atoms with Crippen molar-refractivity contribution in [3.05, 3.63) is 53.6 Å². The molecule has 2 aromatic carbocycles. The first-order valence-corrected chi connectivity index (χ1v) is 9.00. The van der Waals surface area contributed by atoms with Gasteiger partial charge in [0.05, 0.1) is 20.5 Å². The predicted molar refractivity (Wildman–Crippen MR) is 88.4 cm³/mol. The first kappa shape index (κ1) is 15.3. The Kier molecular flexibility index (Phi) is 4.38. The molecule has 0 unspecified atom stereocenters. The van der Waals surface area contributed by atoms with Crippen LogP contribution in [0, 0.1) is 0 Å². The van der Waals surface area contributed by atoms with Crippen LogP contribution in [0.25, 0.3) is 0 Å².